The fourth-order valence-electron chi connectivity index (χ4n) is 2.42. The number of carbonyl (C=O) groups is 2. The van der Waals surface area contributed by atoms with Gasteiger partial charge in [-0.05, 0) is 50.2 Å². The Bertz CT molecular complexity index is 929. The predicted octanol–water partition coefficient (Wildman–Crippen LogP) is 4.08. The van der Waals surface area contributed by atoms with Crippen molar-refractivity contribution in [3.63, 3.8) is 0 Å². The Balaban J connectivity index is 1.70. The van der Waals surface area contributed by atoms with Crippen LogP contribution in [0.5, 0.6) is 0 Å². The van der Waals surface area contributed by atoms with Gasteiger partial charge in [-0.2, -0.15) is 0 Å². The largest absolute Gasteiger partial charge is 0.461 e. The normalized spacial score (nSPS) is 10.4. The summed E-state index contributed by atoms with van der Waals surface area (Å²) in [5, 5.41) is 6.56. The van der Waals surface area contributed by atoms with Crippen molar-refractivity contribution in [1.29, 1.82) is 0 Å². The lowest BCUT2D eigenvalue weighted by Gasteiger charge is -2.06. The number of hydrogen-bond donors (Lipinski definition) is 1. The molecule has 1 amide bonds. The van der Waals surface area contributed by atoms with E-state index in [0.717, 1.165) is 11.1 Å². The Kier molecular flexibility index (Phi) is 5.12. The third-order valence-electron chi connectivity index (χ3n) is 3.70. The van der Waals surface area contributed by atoms with Gasteiger partial charge in [0.25, 0.3) is 5.91 Å². The number of anilines is 1. The molecular formula is C20H18N2O4. The first-order valence-electron chi connectivity index (χ1n) is 8.19. The van der Waals surface area contributed by atoms with Crippen LogP contribution in [-0.4, -0.2) is 23.6 Å². The van der Waals surface area contributed by atoms with E-state index in [-0.39, 0.29) is 18.2 Å². The van der Waals surface area contributed by atoms with Gasteiger partial charge < -0.3 is 14.6 Å². The molecule has 0 saturated heterocycles. The van der Waals surface area contributed by atoms with Crippen LogP contribution in [0.3, 0.4) is 0 Å². The van der Waals surface area contributed by atoms with Gasteiger partial charge in [0.1, 0.15) is 0 Å². The van der Waals surface area contributed by atoms with Crippen molar-refractivity contribution in [3.05, 3.63) is 71.4 Å². The Morgan fingerprint density at radius 3 is 2.58 bits per heavy atom. The molecule has 2 aromatic carbocycles. The summed E-state index contributed by atoms with van der Waals surface area (Å²) in [6.45, 7) is 3.94. The zero-order valence-electron chi connectivity index (χ0n) is 14.5. The highest BCUT2D eigenvalue weighted by Gasteiger charge is 2.14. The molecule has 3 rings (SSSR count). The minimum atomic E-state index is -0.524. The van der Waals surface area contributed by atoms with Crippen LogP contribution in [0.15, 0.2) is 59.1 Å². The molecule has 0 spiro atoms. The molecule has 1 aromatic heterocycles. The number of esters is 1. The van der Waals surface area contributed by atoms with Crippen molar-refractivity contribution in [2.75, 3.05) is 11.9 Å². The zero-order chi connectivity index (χ0) is 18.5. The Morgan fingerprint density at radius 1 is 1.12 bits per heavy atom. The molecule has 0 aliphatic heterocycles. The van der Waals surface area contributed by atoms with Gasteiger partial charge in [-0.3, -0.25) is 4.79 Å². The SMILES string of the molecule is CCOC(=O)c1cc(-c2ccc(NC(=O)c3cccc(C)c3)cc2)on1. The minimum absolute atomic E-state index is 0.124. The van der Waals surface area contributed by atoms with E-state index in [2.05, 4.69) is 10.5 Å². The van der Waals surface area contributed by atoms with Crippen LogP contribution in [0.1, 0.15) is 33.3 Å². The average Bonchev–Trinajstić information content (AvgIpc) is 3.13. The van der Waals surface area contributed by atoms with Gasteiger partial charge in [0.05, 0.1) is 6.61 Å². The number of nitrogens with zero attached hydrogens (tertiary/aromatic N) is 1. The molecule has 0 radical (unpaired) electrons. The Hall–Kier alpha value is -3.41. The first-order chi connectivity index (χ1) is 12.6. The van der Waals surface area contributed by atoms with Gasteiger partial charge in [0.2, 0.25) is 0 Å². The number of carbonyl (C=O) groups excluding carboxylic acids is 2. The summed E-state index contributed by atoms with van der Waals surface area (Å²) in [7, 11) is 0. The van der Waals surface area contributed by atoms with Crippen molar-refractivity contribution < 1.29 is 18.8 Å². The number of rotatable bonds is 5. The molecule has 0 aliphatic carbocycles. The van der Waals surface area contributed by atoms with Crippen LogP contribution in [-0.2, 0) is 4.74 Å². The summed E-state index contributed by atoms with van der Waals surface area (Å²) >= 11 is 0. The maximum Gasteiger partial charge on any atom is 0.360 e. The Labute approximate surface area is 150 Å². The van der Waals surface area contributed by atoms with Crippen molar-refractivity contribution in [1.82, 2.24) is 5.16 Å². The van der Waals surface area contributed by atoms with E-state index in [9.17, 15) is 9.59 Å². The third-order valence-corrected chi connectivity index (χ3v) is 3.70. The van der Waals surface area contributed by atoms with E-state index in [0.29, 0.717) is 17.0 Å². The Morgan fingerprint density at radius 2 is 1.88 bits per heavy atom. The second-order valence-electron chi connectivity index (χ2n) is 5.70. The van der Waals surface area contributed by atoms with Crippen LogP contribution in [0, 0.1) is 6.92 Å². The molecular weight excluding hydrogens is 332 g/mol. The molecule has 0 aliphatic rings. The molecule has 0 saturated carbocycles. The fourth-order valence-corrected chi connectivity index (χ4v) is 2.42. The summed E-state index contributed by atoms with van der Waals surface area (Å²) < 4.78 is 10.1. The standard InChI is InChI=1S/C20H18N2O4/c1-3-25-20(24)17-12-18(26-22-17)14-7-9-16(10-8-14)21-19(23)15-6-4-5-13(2)11-15/h4-12H,3H2,1-2H3,(H,21,23). The second-order valence-corrected chi connectivity index (χ2v) is 5.70. The van der Waals surface area contributed by atoms with Gasteiger partial charge in [0.15, 0.2) is 11.5 Å². The molecule has 6 nitrogen and oxygen atoms in total. The quantitative estimate of drug-likeness (QED) is 0.701. The van der Waals surface area contributed by atoms with Crippen LogP contribution in [0.4, 0.5) is 5.69 Å². The number of aromatic nitrogens is 1. The molecule has 0 unspecified atom stereocenters. The van der Waals surface area contributed by atoms with Crippen molar-refractivity contribution in [2.24, 2.45) is 0 Å². The average molecular weight is 350 g/mol. The van der Waals surface area contributed by atoms with E-state index in [1.165, 1.54) is 6.07 Å². The predicted molar refractivity (Wildman–Crippen MR) is 97.0 cm³/mol. The van der Waals surface area contributed by atoms with Gasteiger partial charge in [-0.15, -0.1) is 0 Å². The summed E-state index contributed by atoms with van der Waals surface area (Å²) in [4.78, 5) is 23.9. The van der Waals surface area contributed by atoms with Crippen LogP contribution >= 0.6 is 0 Å². The number of hydrogen-bond acceptors (Lipinski definition) is 5. The molecule has 1 N–H and O–H groups in total. The number of aryl methyl sites for hydroxylation is 1. The highest BCUT2D eigenvalue weighted by molar-refractivity contribution is 6.04. The van der Waals surface area contributed by atoms with E-state index < -0.39 is 5.97 Å². The van der Waals surface area contributed by atoms with Crippen molar-refractivity contribution in [3.8, 4) is 11.3 Å². The first-order valence-corrected chi connectivity index (χ1v) is 8.19. The zero-order valence-corrected chi connectivity index (χ0v) is 14.5. The van der Waals surface area contributed by atoms with Gasteiger partial charge in [-0.25, -0.2) is 4.79 Å². The number of benzene rings is 2. The lowest BCUT2D eigenvalue weighted by atomic mass is 10.1. The summed E-state index contributed by atoms with van der Waals surface area (Å²) in [6.07, 6.45) is 0. The number of amides is 1. The smallest absolute Gasteiger partial charge is 0.360 e. The second kappa shape index (κ2) is 7.65. The minimum Gasteiger partial charge on any atom is -0.461 e. The summed E-state index contributed by atoms with van der Waals surface area (Å²) in [5.41, 5.74) is 3.14. The highest BCUT2D eigenvalue weighted by atomic mass is 16.5. The van der Waals surface area contributed by atoms with E-state index in [1.807, 2.05) is 25.1 Å². The first kappa shape index (κ1) is 17.4. The molecule has 0 fully saturated rings. The lowest BCUT2D eigenvalue weighted by Crippen LogP contribution is -2.11. The topological polar surface area (TPSA) is 81.4 Å². The maximum atomic E-state index is 12.3. The molecule has 26 heavy (non-hydrogen) atoms. The van der Waals surface area contributed by atoms with Crippen LogP contribution in [0.2, 0.25) is 0 Å². The van der Waals surface area contributed by atoms with E-state index in [1.54, 1.807) is 37.3 Å². The highest BCUT2D eigenvalue weighted by Crippen LogP contribution is 2.23. The van der Waals surface area contributed by atoms with Crippen molar-refractivity contribution in [2.45, 2.75) is 13.8 Å². The number of nitrogens with one attached hydrogen (secondary N) is 1. The third kappa shape index (κ3) is 3.97. The monoisotopic (exact) mass is 350 g/mol. The number of ether oxygens (including phenoxy) is 1. The van der Waals surface area contributed by atoms with Crippen molar-refractivity contribution >= 4 is 17.6 Å². The van der Waals surface area contributed by atoms with Gasteiger partial charge in [-0.1, -0.05) is 22.9 Å². The molecule has 3 aromatic rings. The van der Waals surface area contributed by atoms with Crippen LogP contribution < -0.4 is 5.32 Å². The van der Waals surface area contributed by atoms with E-state index in [4.69, 9.17) is 9.26 Å². The fraction of sp³-hybridized carbons (Fsp3) is 0.150. The molecule has 132 valence electrons. The molecule has 0 bridgehead atoms. The lowest BCUT2D eigenvalue weighted by molar-refractivity contribution is 0.0514. The molecule has 1 heterocycles. The van der Waals surface area contributed by atoms with Gasteiger partial charge >= 0.3 is 5.97 Å². The van der Waals surface area contributed by atoms with E-state index >= 15 is 0 Å². The van der Waals surface area contributed by atoms with Crippen LogP contribution in [0.25, 0.3) is 11.3 Å². The molecule has 0 atom stereocenters. The summed E-state index contributed by atoms with van der Waals surface area (Å²) in [5.74, 6) is -0.250. The summed E-state index contributed by atoms with van der Waals surface area (Å²) in [6, 6.07) is 16.0. The molecule has 6 heteroatoms. The van der Waals surface area contributed by atoms with Gasteiger partial charge in [0, 0.05) is 22.9 Å². The maximum absolute atomic E-state index is 12.3.